The number of rotatable bonds is 7. The topological polar surface area (TPSA) is 38.5 Å². The van der Waals surface area contributed by atoms with Gasteiger partial charge in [-0.15, -0.1) is 0 Å². The quantitative estimate of drug-likeness (QED) is 0.677. The van der Waals surface area contributed by atoms with Crippen LogP contribution in [0.5, 0.6) is 5.75 Å². The molecule has 1 fully saturated rings. The van der Waals surface area contributed by atoms with Crippen molar-refractivity contribution >= 4 is 5.69 Å². The van der Waals surface area contributed by atoms with Gasteiger partial charge in [0.15, 0.2) is 0 Å². The van der Waals surface area contributed by atoms with Gasteiger partial charge in [-0.1, -0.05) is 31.2 Å². The molecule has 3 nitrogen and oxygen atoms in total. The van der Waals surface area contributed by atoms with Gasteiger partial charge in [0, 0.05) is 18.8 Å². The van der Waals surface area contributed by atoms with Gasteiger partial charge in [0.1, 0.15) is 5.75 Å². The number of benzene rings is 2. The minimum atomic E-state index is 0.357. The van der Waals surface area contributed by atoms with Gasteiger partial charge in [-0.25, -0.2) is 0 Å². The Morgan fingerprint density at radius 2 is 1.93 bits per heavy atom. The van der Waals surface area contributed by atoms with E-state index in [0.29, 0.717) is 12.0 Å². The van der Waals surface area contributed by atoms with Crippen LogP contribution in [0.3, 0.4) is 0 Å². The molecule has 3 heteroatoms. The third kappa shape index (κ3) is 6.00. The van der Waals surface area contributed by atoms with Crippen LogP contribution in [0.1, 0.15) is 43.7 Å². The average molecular weight is 367 g/mol. The van der Waals surface area contributed by atoms with E-state index in [1.165, 1.54) is 36.8 Å². The summed E-state index contributed by atoms with van der Waals surface area (Å²) in [4.78, 5) is 2.43. The summed E-state index contributed by atoms with van der Waals surface area (Å²) in [5.74, 6) is 2.43. The third-order valence-corrected chi connectivity index (χ3v) is 5.80. The Kier molecular flexibility index (Phi) is 6.78. The predicted molar refractivity (Wildman–Crippen MR) is 114 cm³/mol. The molecule has 1 saturated carbocycles. The summed E-state index contributed by atoms with van der Waals surface area (Å²) in [7, 11) is 2.22. The highest BCUT2D eigenvalue weighted by Gasteiger charge is 2.27. The van der Waals surface area contributed by atoms with Crippen molar-refractivity contribution in [3.8, 4) is 5.75 Å². The van der Waals surface area contributed by atoms with Crippen LogP contribution in [0.25, 0.3) is 0 Å². The first-order valence-corrected chi connectivity index (χ1v) is 10.3. The normalized spacial score (nSPS) is 21.2. The molecule has 3 atom stereocenters. The number of aryl methyl sites for hydroxylation is 1. The molecule has 0 saturated heterocycles. The van der Waals surface area contributed by atoms with E-state index in [0.717, 1.165) is 30.4 Å². The number of hydrogen-bond acceptors (Lipinski definition) is 3. The van der Waals surface area contributed by atoms with Crippen molar-refractivity contribution in [2.75, 3.05) is 19.3 Å². The Bertz CT molecular complexity index is 713. The highest BCUT2D eigenvalue weighted by atomic mass is 16.5. The maximum absolute atomic E-state index is 6.30. The number of nitrogen functional groups attached to an aromatic ring is 1. The first-order chi connectivity index (χ1) is 13.0. The van der Waals surface area contributed by atoms with E-state index in [1.54, 1.807) is 0 Å². The van der Waals surface area contributed by atoms with Gasteiger partial charge in [0.25, 0.3) is 0 Å². The van der Waals surface area contributed by atoms with Crippen LogP contribution in [0.15, 0.2) is 48.5 Å². The molecule has 0 heterocycles. The molecule has 0 aromatic heterocycles. The Hall–Kier alpha value is -2.00. The zero-order chi connectivity index (χ0) is 19.2. The lowest BCUT2D eigenvalue weighted by molar-refractivity contribution is 0.0913. The molecule has 1 aliphatic carbocycles. The fourth-order valence-electron chi connectivity index (χ4n) is 4.33. The largest absolute Gasteiger partial charge is 0.490 e. The summed E-state index contributed by atoms with van der Waals surface area (Å²) in [6, 6.07) is 16.7. The van der Waals surface area contributed by atoms with E-state index in [9.17, 15) is 0 Å². The van der Waals surface area contributed by atoms with Gasteiger partial charge in [-0.3, -0.25) is 0 Å². The molecule has 0 radical (unpaired) electrons. The molecule has 0 amide bonds. The highest BCUT2D eigenvalue weighted by Crippen LogP contribution is 2.33. The highest BCUT2D eigenvalue weighted by molar-refractivity contribution is 5.39. The van der Waals surface area contributed by atoms with Gasteiger partial charge in [0.2, 0.25) is 0 Å². The van der Waals surface area contributed by atoms with Crippen molar-refractivity contribution in [3.63, 3.8) is 0 Å². The molecular formula is C24H34N2O. The Balaban J connectivity index is 1.50. The number of ether oxygens (including phenoxy) is 1. The molecule has 3 unspecified atom stereocenters. The molecule has 0 bridgehead atoms. The summed E-state index contributed by atoms with van der Waals surface area (Å²) in [6.45, 7) is 6.61. The molecule has 3 rings (SSSR count). The SMILES string of the molecule is Cc1cccc(OC2CCCC(C(C)CN(C)Cc3ccc(N)cc3)C2)c1. The number of anilines is 1. The Morgan fingerprint density at radius 3 is 2.67 bits per heavy atom. The van der Waals surface area contributed by atoms with Crippen molar-refractivity contribution in [1.29, 1.82) is 0 Å². The molecule has 2 aromatic rings. The molecule has 1 aliphatic rings. The summed E-state index contributed by atoms with van der Waals surface area (Å²) < 4.78 is 6.30. The van der Waals surface area contributed by atoms with Crippen LogP contribution >= 0.6 is 0 Å². The Morgan fingerprint density at radius 1 is 1.15 bits per heavy atom. The minimum absolute atomic E-state index is 0.357. The van der Waals surface area contributed by atoms with Crippen molar-refractivity contribution in [2.45, 2.75) is 52.2 Å². The first kappa shape index (κ1) is 19.8. The van der Waals surface area contributed by atoms with Crippen molar-refractivity contribution in [1.82, 2.24) is 4.90 Å². The second-order valence-corrected chi connectivity index (χ2v) is 8.40. The standard InChI is InChI=1S/C24H34N2O/c1-18-6-4-8-23(14-18)27-24-9-5-7-21(15-24)19(2)16-26(3)17-20-10-12-22(25)13-11-20/h4,6,8,10-14,19,21,24H,5,7,9,15-17,25H2,1-3H3. The summed E-state index contributed by atoms with van der Waals surface area (Å²) in [6.07, 6.45) is 5.30. The fraction of sp³-hybridized carbons (Fsp3) is 0.500. The summed E-state index contributed by atoms with van der Waals surface area (Å²) >= 11 is 0. The monoisotopic (exact) mass is 366 g/mol. The Labute approximate surface area is 164 Å². The minimum Gasteiger partial charge on any atom is -0.490 e. The van der Waals surface area contributed by atoms with Crippen molar-refractivity contribution < 1.29 is 4.74 Å². The van der Waals surface area contributed by atoms with E-state index >= 15 is 0 Å². The number of hydrogen-bond donors (Lipinski definition) is 1. The molecule has 27 heavy (non-hydrogen) atoms. The zero-order valence-electron chi connectivity index (χ0n) is 17.0. The first-order valence-electron chi connectivity index (χ1n) is 10.3. The van der Waals surface area contributed by atoms with Gasteiger partial charge in [-0.05, 0) is 86.9 Å². The predicted octanol–water partition coefficient (Wildman–Crippen LogP) is 5.28. The second kappa shape index (κ2) is 9.27. The molecular weight excluding hydrogens is 332 g/mol. The van der Waals surface area contributed by atoms with Gasteiger partial charge >= 0.3 is 0 Å². The zero-order valence-corrected chi connectivity index (χ0v) is 17.0. The average Bonchev–Trinajstić information content (AvgIpc) is 2.64. The van der Waals surface area contributed by atoms with Crippen LogP contribution in [0, 0.1) is 18.8 Å². The lowest BCUT2D eigenvalue weighted by Gasteiger charge is -2.35. The van der Waals surface area contributed by atoms with E-state index in [2.05, 4.69) is 62.2 Å². The molecule has 0 spiro atoms. The van der Waals surface area contributed by atoms with Crippen LogP contribution in [0.4, 0.5) is 5.69 Å². The third-order valence-electron chi connectivity index (χ3n) is 5.80. The van der Waals surface area contributed by atoms with E-state index in [-0.39, 0.29) is 0 Å². The van der Waals surface area contributed by atoms with E-state index < -0.39 is 0 Å². The second-order valence-electron chi connectivity index (χ2n) is 8.40. The van der Waals surface area contributed by atoms with Gasteiger partial charge in [-0.2, -0.15) is 0 Å². The molecule has 2 aromatic carbocycles. The summed E-state index contributed by atoms with van der Waals surface area (Å²) in [5.41, 5.74) is 9.20. The van der Waals surface area contributed by atoms with Crippen molar-refractivity contribution in [3.05, 3.63) is 59.7 Å². The van der Waals surface area contributed by atoms with Gasteiger partial charge in [0.05, 0.1) is 6.10 Å². The maximum Gasteiger partial charge on any atom is 0.119 e. The lowest BCUT2D eigenvalue weighted by atomic mass is 9.79. The van der Waals surface area contributed by atoms with E-state index in [1.807, 2.05) is 12.1 Å². The maximum atomic E-state index is 6.30. The van der Waals surface area contributed by atoms with Crippen LogP contribution in [0.2, 0.25) is 0 Å². The van der Waals surface area contributed by atoms with Crippen molar-refractivity contribution in [2.24, 2.45) is 11.8 Å². The van der Waals surface area contributed by atoms with Crippen LogP contribution in [-0.4, -0.2) is 24.6 Å². The van der Waals surface area contributed by atoms with Gasteiger partial charge < -0.3 is 15.4 Å². The summed E-state index contributed by atoms with van der Waals surface area (Å²) in [5, 5.41) is 0. The molecule has 0 aliphatic heterocycles. The lowest BCUT2D eigenvalue weighted by Crippen LogP contribution is -2.33. The molecule has 146 valence electrons. The molecule has 2 N–H and O–H groups in total. The fourth-order valence-corrected chi connectivity index (χ4v) is 4.33. The van der Waals surface area contributed by atoms with Crippen LogP contribution < -0.4 is 10.5 Å². The number of nitrogens with zero attached hydrogens (tertiary/aromatic N) is 1. The smallest absolute Gasteiger partial charge is 0.119 e. The van der Waals surface area contributed by atoms with Crippen LogP contribution in [-0.2, 0) is 6.54 Å². The number of nitrogens with two attached hydrogens (primary N) is 1. The van der Waals surface area contributed by atoms with E-state index in [4.69, 9.17) is 10.5 Å².